The second-order valence-corrected chi connectivity index (χ2v) is 6.84. The lowest BCUT2D eigenvalue weighted by molar-refractivity contribution is -0.127. The standard InChI is InChI=1S/C18H23N3O.ClH/c19-17-12-6-5-11(9-12)16(17)18(22)20-8-7-13-10-21-15-4-2-1-3-14(13)15;/h1-4,10-12,16-17,21H,5-9,19H2,(H,20,22);1H. The zero-order valence-corrected chi connectivity index (χ0v) is 13.9. The third kappa shape index (κ3) is 2.86. The van der Waals surface area contributed by atoms with Gasteiger partial charge in [-0.3, -0.25) is 4.79 Å². The van der Waals surface area contributed by atoms with Gasteiger partial charge in [-0.05, 0) is 49.1 Å². The van der Waals surface area contributed by atoms with E-state index in [9.17, 15) is 4.79 Å². The van der Waals surface area contributed by atoms with Crippen LogP contribution in [0.3, 0.4) is 0 Å². The lowest BCUT2D eigenvalue weighted by Crippen LogP contribution is -2.45. The number of H-pyrrole nitrogens is 1. The molecule has 1 aromatic heterocycles. The SMILES string of the molecule is Cl.NC1C2CCC(C2)C1C(=O)NCCc1c[nH]c2ccccc12. The van der Waals surface area contributed by atoms with Crippen LogP contribution in [0.25, 0.3) is 10.9 Å². The molecule has 23 heavy (non-hydrogen) atoms. The molecule has 2 bridgehead atoms. The van der Waals surface area contributed by atoms with E-state index in [-0.39, 0.29) is 30.3 Å². The summed E-state index contributed by atoms with van der Waals surface area (Å²) in [7, 11) is 0. The molecule has 1 aromatic carbocycles. The Balaban J connectivity index is 0.00000156. The number of rotatable bonds is 4. The first-order valence-electron chi connectivity index (χ1n) is 8.32. The van der Waals surface area contributed by atoms with Gasteiger partial charge in [-0.1, -0.05) is 18.2 Å². The molecule has 2 aliphatic carbocycles. The van der Waals surface area contributed by atoms with Gasteiger partial charge < -0.3 is 16.0 Å². The fourth-order valence-electron chi connectivity index (χ4n) is 4.50. The number of carbonyl (C=O) groups is 1. The monoisotopic (exact) mass is 333 g/mol. The van der Waals surface area contributed by atoms with E-state index in [0.717, 1.165) is 18.4 Å². The normalized spacial score (nSPS) is 28.7. The van der Waals surface area contributed by atoms with Crippen LogP contribution in [-0.4, -0.2) is 23.5 Å². The minimum Gasteiger partial charge on any atom is -0.361 e. The topological polar surface area (TPSA) is 70.9 Å². The van der Waals surface area contributed by atoms with E-state index in [1.807, 2.05) is 18.3 Å². The van der Waals surface area contributed by atoms with E-state index in [0.29, 0.717) is 18.4 Å². The van der Waals surface area contributed by atoms with Crippen molar-refractivity contribution in [1.29, 1.82) is 0 Å². The lowest BCUT2D eigenvalue weighted by atomic mass is 9.84. The Morgan fingerprint density at radius 1 is 1.26 bits per heavy atom. The molecule has 2 aliphatic rings. The summed E-state index contributed by atoms with van der Waals surface area (Å²) < 4.78 is 0. The highest BCUT2D eigenvalue weighted by atomic mass is 35.5. The number of benzene rings is 1. The van der Waals surface area contributed by atoms with E-state index in [1.165, 1.54) is 23.8 Å². The van der Waals surface area contributed by atoms with Crippen LogP contribution in [0.2, 0.25) is 0 Å². The van der Waals surface area contributed by atoms with Gasteiger partial charge in [0, 0.05) is 29.7 Å². The molecule has 0 saturated heterocycles. The number of hydrogen-bond donors (Lipinski definition) is 3. The molecule has 4 rings (SSSR count). The number of amides is 1. The van der Waals surface area contributed by atoms with Crippen LogP contribution in [0.15, 0.2) is 30.5 Å². The van der Waals surface area contributed by atoms with Gasteiger partial charge in [0.1, 0.15) is 0 Å². The fourth-order valence-corrected chi connectivity index (χ4v) is 4.50. The number of hydrogen-bond acceptors (Lipinski definition) is 2. The molecule has 0 radical (unpaired) electrons. The summed E-state index contributed by atoms with van der Waals surface area (Å²) >= 11 is 0. The zero-order valence-electron chi connectivity index (χ0n) is 13.1. The van der Waals surface area contributed by atoms with E-state index in [2.05, 4.69) is 22.4 Å². The molecule has 0 aliphatic heterocycles. The number of carbonyl (C=O) groups excluding carboxylic acids is 1. The van der Waals surface area contributed by atoms with E-state index >= 15 is 0 Å². The Labute approximate surface area is 142 Å². The predicted molar refractivity (Wildman–Crippen MR) is 94.6 cm³/mol. The smallest absolute Gasteiger partial charge is 0.224 e. The van der Waals surface area contributed by atoms with Crippen molar-refractivity contribution in [1.82, 2.24) is 10.3 Å². The summed E-state index contributed by atoms with van der Waals surface area (Å²) in [6.07, 6.45) is 6.44. The first-order chi connectivity index (χ1) is 10.7. The van der Waals surface area contributed by atoms with E-state index in [1.54, 1.807) is 0 Å². The molecule has 0 spiro atoms. The molecular formula is C18H24ClN3O. The van der Waals surface area contributed by atoms with Gasteiger partial charge in [-0.25, -0.2) is 0 Å². The van der Waals surface area contributed by atoms with Crippen molar-refractivity contribution in [2.24, 2.45) is 23.5 Å². The highest BCUT2D eigenvalue weighted by Crippen LogP contribution is 2.47. The van der Waals surface area contributed by atoms with Gasteiger partial charge in [0.05, 0.1) is 5.92 Å². The highest BCUT2D eigenvalue weighted by molar-refractivity contribution is 5.85. The first kappa shape index (κ1) is 16.3. The first-order valence-corrected chi connectivity index (χ1v) is 8.32. The summed E-state index contributed by atoms with van der Waals surface area (Å²) in [5, 5.41) is 4.35. The minimum atomic E-state index is 0. The summed E-state index contributed by atoms with van der Waals surface area (Å²) in [4.78, 5) is 15.7. The summed E-state index contributed by atoms with van der Waals surface area (Å²) in [5.74, 6) is 1.31. The van der Waals surface area contributed by atoms with Crippen molar-refractivity contribution in [2.45, 2.75) is 31.7 Å². The van der Waals surface area contributed by atoms with Crippen LogP contribution in [0.4, 0.5) is 0 Å². The molecule has 4 N–H and O–H groups in total. The minimum absolute atomic E-state index is 0. The Bertz CT molecular complexity index is 696. The van der Waals surface area contributed by atoms with Crippen LogP contribution in [-0.2, 0) is 11.2 Å². The average molecular weight is 334 g/mol. The van der Waals surface area contributed by atoms with Crippen LogP contribution >= 0.6 is 12.4 Å². The maximum absolute atomic E-state index is 12.4. The van der Waals surface area contributed by atoms with Crippen molar-refractivity contribution in [3.63, 3.8) is 0 Å². The maximum atomic E-state index is 12.4. The molecule has 1 amide bonds. The molecule has 5 heteroatoms. The van der Waals surface area contributed by atoms with E-state index < -0.39 is 0 Å². The van der Waals surface area contributed by atoms with E-state index in [4.69, 9.17) is 5.73 Å². The second kappa shape index (κ2) is 6.54. The van der Waals surface area contributed by atoms with Crippen LogP contribution < -0.4 is 11.1 Å². The predicted octanol–water partition coefficient (Wildman–Crippen LogP) is 2.62. The number of aromatic nitrogens is 1. The zero-order chi connectivity index (χ0) is 15.1. The van der Waals surface area contributed by atoms with Crippen LogP contribution in [0.1, 0.15) is 24.8 Å². The largest absolute Gasteiger partial charge is 0.361 e. The Morgan fingerprint density at radius 3 is 2.83 bits per heavy atom. The van der Waals surface area contributed by atoms with Crippen molar-refractivity contribution in [3.8, 4) is 0 Å². The Hall–Kier alpha value is -1.52. The van der Waals surface area contributed by atoms with Crippen molar-refractivity contribution >= 4 is 29.2 Å². The van der Waals surface area contributed by atoms with Crippen molar-refractivity contribution < 1.29 is 4.79 Å². The molecule has 124 valence electrons. The fraction of sp³-hybridized carbons (Fsp3) is 0.500. The number of para-hydroxylation sites is 1. The van der Waals surface area contributed by atoms with Gasteiger partial charge in [-0.15, -0.1) is 12.4 Å². The molecule has 2 aromatic rings. The number of nitrogens with two attached hydrogens (primary N) is 1. The van der Waals surface area contributed by atoms with Crippen molar-refractivity contribution in [2.75, 3.05) is 6.54 Å². The second-order valence-electron chi connectivity index (χ2n) is 6.84. The maximum Gasteiger partial charge on any atom is 0.224 e. The van der Waals surface area contributed by atoms with Gasteiger partial charge >= 0.3 is 0 Å². The Kier molecular flexibility index (Phi) is 4.64. The molecule has 2 fully saturated rings. The third-order valence-electron chi connectivity index (χ3n) is 5.65. The molecule has 4 unspecified atom stereocenters. The summed E-state index contributed by atoms with van der Waals surface area (Å²) in [5.41, 5.74) is 8.65. The van der Waals surface area contributed by atoms with Gasteiger partial charge in [0.15, 0.2) is 0 Å². The average Bonchev–Trinajstić information content (AvgIpc) is 3.22. The Morgan fingerprint density at radius 2 is 2.04 bits per heavy atom. The summed E-state index contributed by atoms with van der Waals surface area (Å²) in [6.45, 7) is 0.682. The quantitative estimate of drug-likeness (QED) is 0.805. The van der Waals surface area contributed by atoms with Gasteiger partial charge in [0.25, 0.3) is 0 Å². The number of fused-ring (bicyclic) bond motifs is 3. The van der Waals surface area contributed by atoms with Crippen LogP contribution in [0.5, 0.6) is 0 Å². The van der Waals surface area contributed by atoms with Crippen molar-refractivity contribution in [3.05, 3.63) is 36.0 Å². The molecule has 2 saturated carbocycles. The third-order valence-corrected chi connectivity index (χ3v) is 5.65. The summed E-state index contributed by atoms with van der Waals surface area (Å²) in [6, 6.07) is 8.35. The number of aromatic amines is 1. The van der Waals surface area contributed by atoms with Gasteiger partial charge in [0.2, 0.25) is 5.91 Å². The van der Waals surface area contributed by atoms with Gasteiger partial charge in [-0.2, -0.15) is 0 Å². The van der Waals surface area contributed by atoms with Crippen LogP contribution in [0, 0.1) is 17.8 Å². The molecular weight excluding hydrogens is 310 g/mol. The molecule has 4 nitrogen and oxygen atoms in total. The highest BCUT2D eigenvalue weighted by Gasteiger charge is 2.48. The lowest BCUT2D eigenvalue weighted by Gasteiger charge is -2.27. The number of halogens is 1. The molecule has 4 atom stereocenters. The molecule has 1 heterocycles. The number of nitrogens with one attached hydrogen (secondary N) is 2.